The normalized spacial score (nSPS) is 20.1. The van der Waals surface area contributed by atoms with Gasteiger partial charge in [0.05, 0.1) is 28.0 Å². The summed E-state index contributed by atoms with van der Waals surface area (Å²) in [6, 6.07) is 15.0. The molecule has 1 aliphatic heterocycles. The molecule has 6 nitrogen and oxygen atoms in total. The summed E-state index contributed by atoms with van der Waals surface area (Å²) in [5.41, 5.74) is 4.88. The Balaban J connectivity index is 1.21. The van der Waals surface area contributed by atoms with Crippen molar-refractivity contribution in [3.8, 4) is 5.69 Å². The van der Waals surface area contributed by atoms with Crippen molar-refractivity contribution in [2.75, 3.05) is 18.0 Å². The van der Waals surface area contributed by atoms with Crippen molar-refractivity contribution in [3.05, 3.63) is 71.2 Å². The van der Waals surface area contributed by atoms with E-state index >= 15 is 0 Å². The molecular weight excluding hydrogens is 461 g/mol. The maximum Gasteiger partial charge on any atom is 0.225 e. The number of hydrogen-bond acceptors (Lipinski definition) is 5. The van der Waals surface area contributed by atoms with Gasteiger partial charge in [-0.1, -0.05) is 41.7 Å². The largest absolute Gasteiger partial charge is 0.349 e. The van der Waals surface area contributed by atoms with Crippen LogP contribution in [-0.4, -0.2) is 33.8 Å². The first kappa shape index (κ1) is 22.2. The first-order chi connectivity index (χ1) is 17.1. The topological polar surface area (TPSA) is 63.1 Å². The standard InChI is InChI=1S/C27H28FN5OS/c1-17-24-25(33(31-17)21-11-5-10-20(28)15-21)30-27(35-24)32-14-6-9-19(16-32)26(34)29-23-13-4-8-18-7-2-3-12-22(18)23/h2-3,5,7,10-12,15,19,23H,4,6,8-9,13-14,16H2,1H3,(H,29,34)/t19-,23-/m1/s1. The number of nitrogens with one attached hydrogen (secondary N) is 1. The van der Waals surface area contributed by atoms with Gasteiger partial charge < -0.3 is 10.2 Å². The molecule has 1 fully saturated rings. The van der Waals surface area contributed by atoms with Gasteiger partial charge in [0.25, 0.3) is 0 Å². The van der Waals surface area contributed by atoms with Crippen LogP contribution in [0.2, 0.25) is 0 Å². The zero-order valence-corrected chi connectivity index (χ0v) is 20.5. The average Bonchev–Trinajstić information content (AvgIpc) is 3.45. The van der Waals surface area contributed by atoms with Crippen molar-refractivity contribution in [2.45, 2.75) is 45.1 Å². The fourth-order valence-electron chi connectivity index (χ4n) is 5.40. The molecule has 0 bridgehead atoms. The summed E-state index contributed by atoms with van der Waals surface area (Å²) in [4.78, 5) is 20.4. The number of carbonyl (C=O) groups excluding carboxylic acids is 1. The number of thiazole rings is 1. The Bertz CT molecular complexity index is 1400. The van der Waals surface area contributed by atoms with Gasteiger partial charge in [-0.15, -0.1) is 0 Å². The van der Waals surface area contributed by atoms with Crippen LogP contribution in [0.4, 0.5) is 9.52 Å². The Morgan fingerprint density at radius 3 is 2.91 bits per heavy atom. The second-order valence-electron chi connectivity index (χ2n) is 9.56. The molecule has 6 rings (SSSR count). The minimum Gasteiger partial charge on any atom is -0.349 e. The lowest BCUT2D eigenvalue weighted by atomic mass is 9.87. The molecule has 4 aromatic rings. The van der Waals surface area contributed by atoms with Crippen molar-refractivity contribution >= 4 is 32.7 Å². The van der Waals surface area contributed by atoms with E-state index < -0.39 is 0 Å². The summed E-state index contributed by atoms with van der Waals surface area (Å²) in [5, 5.41) is 8.84. The van der Waals surface area contributed by atoms with Crippen molar-refractivity contribution < 1.29 is 9.18 Å². The minimum absolute atomic E-state index is 0.0642. The quantitative estimate of drug-likeness (QED) is 0.420. The van der Waals surface area contributed by atoms with E-state index in [4.69, 9.17) is 4.98 Å². The van der Waals surface area contributed by atoms with E-state index in [1.54, 1.807) is 22.1 Å². The van der Waals surface area contributed by atoms with E-state index in [9.17, 15) is 9.18 Å². The van der Waals surface area contributed by atoms with Crippen LogP contribution in [0.5, 0.6) is 0 Å². The van der Waals surface area contributed by atoms with E-state index in [-0.39, 0.29) is 23.7 Å². The molecule has 2 aliphatic rings. The zero-order chi connectivity index (χ0) is 23.9. The van der Waals surface area contributed by atoms with Crippen LogP contribution in [0.1, 0.15) is 48.5 Å². The summed E-state index contributed by atoms with van der Waals surface area (Å²) in [6.07, 6.45) is 5.02. The summed E-state index contributed by atoms with van der Waals surface area (Å²) < 4.78 is 16.5. The second kappa shape index (κ2) is 9.07. The number of aryl methyl sites for hydroxylation is 2. The van der Waals surface area contributed by atoms with Gasteiger partial charge in [0.2, 0.25) is 5.91 Å². The molecule has 8 heteroatoms. The molecule has 1 N–H and O–H groups in total. The van der Waals surface area contributed by atoms with Crippen molar-refractivity contribution in [3.63, 3.8) is 0 Å². The van der Waals surface area contributed by atoms with Gasteiger partial charge in [-0.05, 0) is 68.4 Å². The van der Waals surface area contributed by atoms with Gasteiger partial charge in [-0.25, -0.2) is 9.07 Å². The fraction of sp³-hybridized carbons (Fsp3) is 0.370. The summed E-state index contributed by atoms with van der Waals surface area (Å²) in [7, 11) is 0. The highest BCUT2D eigenvalue weighted by molar-refractivity contribution is 7.22. The molecule has 0 spiro atoms. The van der Waals surface area contributed by atoms with E-state index in [2.05, 4.69) is 39.6 Å². The van der Waals surface area contributed by atoms with Gasteiger partial charge in [-0.3, -0.25) is 4.79 Å². The Labute approximate surface area is 207 Å². The number of fused-ring (bicyclic) bond motifs is 2. The molecular formula is C27H28FN5OS. The molecule has 1 amide bonds. The smallest absolute Gasteiger partial charge is 0.225 e. The van der Waals surface area contributed by atoms with Gasteiger partial charge in [0, 0.05) is 13.1 Å². The number of aromatic nitrogens is 3. The van der Waals surface area contributed by atoms with Crippen LogP contribution in [0.15, 0.2) is 48.5 Å². The predicted molar refractivity (Wildman–Crippen MR) is 137 cm³/mol. The highest BCUT2D eigenvalue weighted by Crippen LogP contribution is 2.35. The molecule has 0 saturated carbocycles. The molecule has 0 unspecified atom stereocenters. The Kier molecular flexibility index (Phi) is 5.76. The van der Waals surface area contributed by atoms with E-state index in [1.165, 1.54) is 23.3 Å². The third kappa shape index (κ3) is 4.20. The monoisotopic (exact) mass is 489 g/mol. The number of rotatable bonds is 4. The Hall–Kier alpha value is -3.26. The molecule has 2 atom stereocenters. The molecule has 1 aliphatic carbocycles. The van der Waals surface area contributed by atoms with E-state index in [0.717, 1.165) is 59.8 Å². The average molecular weight is 490 g/mol. The van der Waals surface area contributed by atoms with E-state index in [1.807, 2.05) is 13.0 Å². The number of amides is 1. The Morgan fingerprint density at radius 1 is 1.14 bits per heavy atom. The van der Waals surface area contributed by atoms with Crippen molar-refractivity contribution in [1.29, 1.82) is 0 Å². The molecule has 35 heavy (non-hydrogen) atoms. The molecule has 3 heterocycles. The first-order valence-electron chi connectivity index (χ1n) is 12.3. The van der Waals surface area contributed by atoms with Crippen LogP contribution >= 0.6 is 11.3 Å². The molecule has 2 aromatic carbocycles. The number of hydrogen-bond donors (Lipinski definition) is 1. The van der Waals surface area contributed by atoms with Gasteiger partial charge in [0.15, 0.2) is 10.8 Å². The molecule has 0 radical (unpaired) electrons. The lowest BCUT2D eigenvalue weighted by Crippen LogP contribution is -2.44. The number of halogens is 1. The van der Waals surface area contributed by atoms with Gasteiger partial charge >= 0.3 is 0 Å². The number of carbonyl (C=O) groups is 1. The summed E-state index contributed by atoms with van der Waals surface area (Å²) in [6.45, 7) is 3.48. The van der Waals surface area contributed by atoms with E-state index in [0.29, 0.717) is 12.2 Å². The molecule has 2 aromatic heterocycles. The second-order valence-corrected chi connectivity index (χ2v) is 10.5. The van der Waals surface area contributed by atoms with Gasteiger partial charge in [-0.2, -0.15) is 10.1 Å². The van der Waals surface area contributed by atoms with Crippen molar-refractivity contribution in [2.24, 2.45) is 5.92 Å². The lowest BCUT2D eigenvalue weighted by molar-refractivity contribution is -0.126. The maximum atomic E-state index is 13.8. The van der Waals surface area contributed by atoms with Crippen LogP contribution in [0.3, 0.4) is 0 Å². The van der Waals surface area contributed by atoms with Crippen LogP contribution < -0.4 is 10.2 Å². The SMILES string of the molecule is Cc1nn(-c2cccc(F)c2)c2nc(N3CCC[C@@H](C(=O)N[C@@H]4CCCc5ccccc54)C3)sc12. The fourth-order valence-corrected chi connectivity index (χ4v) is 6.43. The molecule has 180 valence electrons. The summed E-state index contributed by atoms with van der Waals surface area (Å²) >= 11 is 1.60. The third-order valence-corrected chi connectivity index (χ3v) is 8.39. The minimum atomic E-state index is -0.301. The first-order valence-corrected chi connectivity index (χ1v) is 13.1. The summed E-state index contributed by atoms with van der Waals surface area (Å²) in [5.74, 6) is -0.227. The highest BCUT2D eigenvalue weighted by atomic mass is 32.1. The third-order valence-electron chi connectivity index (χ3n) is 7.18. The van der Waals surface area contributed by atoms with Crippen molar-refractivity contribution in [1.82, 2.24) is 20.1 Å². The van der Waals surface area contributed by atoms with Crippen LogP contribution in [0.25, 0.3) is 16.0 Å². The van der Waals surface area contributed by atoms with Gasteiger partial charge in [0.1, 0.15) is 5.82 Å². The predicted octanol–water partition coefficient (Wildman–Crippen LogP) is 5.34. The van der Waals surface area contributed by atoms with Crippen LogP contribution in [-0.2, 0) is 11.2 Å². The lowest BCUT2D eigenvalue weighted by Gasteiger charge is -2.33. The number of piperidine rings is 1. The number of nitrogens with zero attached hydrogens (tertiary/aromatic N) is 4. The highest BCUT2D eigenvalue weighted by Gasteiger charge is 2.31. The number of anilines is 1. The zero-order valence-electron chi connectivity index (χ0n) is 19.7. The number of benzene rings is 2. The maximum absolute atomic E-state index is 13.8. The molecule has 1 saturated heterocycles. The van der Waals surface area contributed by atoms with Crippen LogP contribution in [0, 0.1) is 18.7 Å². The Morgan fingerprint density at radius 2 is 2.03 bits per heavy atom.